The predicted octanol–water partition coefficient (Wildman–Crippen LogP) is 4.13. The number of rotatable bonds is 8. The van der Waals surface area contributed by atoms with Gasteiger partial charge in [0.15, 0.2) is 0 Å². The van der Waals surface area contributed by atoms with Crippen LogP contribution >= 0.6 is 0 Å². The van der Waals surface area contributed by atoms with Crippen LogP contribution in [0.5, 0.6) is 0 Å². The third-order valence-corrected chi connectivity index (χ3v) is 7.51. The van der Waals surface area contributed by atoms with E-state index in [0.29, 0.717) is 18.7 Å². The van der Waals surface area contributed by atoms with E-state index in [-0.39, 0.29) is 11.7 Å². The molecule has 3 aromatic carbocycles. The number of fused-ring (bicyclic) bond motifs is 2. The molecule has 0 unspecified atom stereocenters. The van der Waals surface area contributed by atoms with Gasteiger partial charge in [-0.15, -0.1) is 0 Å². The largest absolute Gasteiger partial charge is 0.465 e. The van der Waals surface area contributed by atoms with Gasteiger partial charge in [0.1, 0.15) is 5.82 Å². The van der Waals surface area contributed by atoms with Gasteiger partial charge in [-0.05, 0) is 67.9 Å². The number of methoxy groups -OCH3 is 1. The molecule has 6 rings (SSSR count). The fraction of sp³-hybridized carbons (Fsp3) is 0.300. The lowest BCUT2D eigenvalue weighted by atomic mass is 10.1. The molecule has 8 heteroatoms. The maximum absolute atomic E-state index is 13.8. The van der Waals surface area contributed by atoms with Gasteiger partial charge in [0, 0.05) is 13.1 Å². The molecule has 2 aromatic heterocycles. The van der Waals surface area contributed by atoms with E-state index in [4.69, 9.17) is 9.72 Å². The van der Waals surface area contributed by atoms with E-state index in [1.54, 1.807) is 16.7 Å². The van der Waals surface area contributed by atoms with Gasteiger partial charge in [0.05, 0.1) is 47.8 Å². The Hall–Kier alpha value is -4.17. The van der Waals surface area contributed by atoms with E-state index in [9.17, 15) is 9.59 Å². The summed E-state index contributed by atoms with van der Waals surface area (Å²) in [6.45, 7) is 4.91. The van der Waals surface area contributed by atoms with Gasteiger partial charge in [-0.2, -0.15) is 0 Å². The molecule has 0 amide bonds. The van der Waals surface area contributed by atoms with Gasteiger partial charge in [-0.3, -0.25) is 9.13 Å². The second-order valence-corrected chi connectivity index (χ2v) is 9.85. The van der Waals surface area contributed by atoms with E-state index < -0.39 is 0 Å². The van der Waals surface area contributed by atoms with Crippen LogP contribution in [-0.4, -0.2) is 56.3 Å². The first-order valence-corrected chi connectivity index (χ1v) is 13.1. The monoisotopic (exact) mass is 509 g/mol. The molecule has 0 bridgehead atoms. The number of para-hydroxylation sites is 4. The first-order chi connectivity index (χ1) is 18.6. The molecule has 194 valence electrons. The highest BCUT2D eigenvalue weighted by Crippen LogP contribution is 2.21. The summed E-state index contributed by atoms with van der Waals surface area (Å²) in [5.41, 5.74) is 5.13. The Labute approximate surface area is 220 Å². The van der Waals surface area contributed by atoms with Crippen molar-refractivity contribution in [1.82, 2.24) is 23.6 Å². The van der Waals surface area contributed by atoms with Crippen LogP contribution < -0.4 is 5.69 Å². The van der Waals surface area contributed by atoms with E-state index in [1.807, 2.05) is 59.2 Å². The van der Waals surface area contributed by atoms with Crippen molar-refractivity contribution >= 4 is 28.0 Å². The third kappa shape index (κ3) is 4.52. The average molecular weight is 510 g/mol. The molecule has 1 aliphatic heterocycles. The van der Waals surface area contributed by atoms with Crippen molar-refractivity contribution in [3.05, 3.63) is 100 Å². The highest BCUT2D eigenvalue weighted by atomic mass is 16.5. The molecule has 0 spiro atoms. The average Bonchev–Trinajstić information content (AvgIpc) is 3.66. The van der Waals surface area contributed by atoms with Crippen LogP contribution in [0, 0.1) is 0 Å². The van der Waals surface area contributed by atoms with Crippen molar-refractivity contribution in [3.63, 3.8) is 0 Å². The Bertz CT molecular complexity index is 1660. The number of ether oxygens (including phenoxy) is 1. The highest BCUT2D eigenvalue weighted by Gasteiger charge is 2.19. The number of nitrogens with zero attached hydrogens (tertiary/aromatic N) is 5. The van der Waals surface area contributed by atoms with Crippen LogP contribution in [0.3, 0.4) is 0 Å². The van der Waals surface area contributed by atoms with Crippen molar-refractivity contribution in [2.24, 2.45) is 0 Å². The van der Waals surface area contributed by atoms with Crippen LogP contribution in [0.4, 0.5) is 0 Å². The first kappa shape index (κ1) is 24.2. The zero-order chi connectivity index (χ0) is 26.1. The number of hydrogen-bond donors (Lipinski definition) is 0. The van der Waals surface area contributed by atoms with Crippen molar-refractivity contribution in [2.75, 3.05) is 26.7 Å². The first-order valence-electron chi connectivity index (χ1n) is 13.1. The SMILES string of the molecule is COC(=O)c1ccc(Cn2c(=O)n(Cc3nc4ccccc4n3CCN3CCCC3)c3ccccc32)cc1. The fourth-order valence-corrected chi connectivity index (χ4v) is 5.51. The van der Waals surface area contributed by atoms with Crippen LogP contribution in [-0.2, 0) is 24.4 Å². The Kier molecular flexibility index (Phi) is 6.55. The Morgan fingerprint density at radius 3 is 2.11 bits per heavy atom. The Morgan fingerprint density at radius 2 is 1.42 bits per heavy atom. The normalized spacial score (nSPS) is 14.0. The third-order valence-electron chi connectivity index (χ3n) is 7.51. The van der Waals surface area contributed by atoms with Crippen LogP contribution in [0.15, 0.2) is 77.6 Å². The molecule has 1 saturated heterocycles. The van der Waals surface area contributed by atoms with Gasteiger partial charge in [0.2, 0.25) is 0 Å². The standard InChI is InChI=1S/C30H31N5O3/c1-38-29(36)23-14-12-22(13-15-23)20-34-26-10-4-5-11-27(26)35(30(34)37)21-28-31-24-8-2-3-9-25(24)33(28)19-18-32-16-6-7-17-32/h2-5,8-15H,6-7,16-21H2,1H3. The van der Waals surface area contributed by atoms with Gasteiger partial charge in [-0.1, -0.05) is 36.4 Å². The number of benzene rings is 3. The Morgan fingerprint density at radius 1 is 0.789 bits per heavy atom. The highest BCUT2D eigenvalue weighted by molar-refractivity contribution is 5.89. The molecule has 8 nitrogen and oxygen atoms in total. The van der Waals surface area contributed by atoms with E-state index in [0.717, 1.165) is 59.6 Å². The molecule has 0 N–H and O–H groups in total. The minimum atomic E-state index is -0.377. The summed E-state index contributed by atoms with van der Waals surface area (Å²) in [6, 6.07) is 23.3. The summed E-state index contributed by atoms with van der Waals surface area (Å²) in [6.07, 6.45) is 2.52. The zero-order valence-corrected chi connectivity index (χ0v) is 21.5. The molecule has 5 aromatic rings. The summed E-state index contributed by atoms with van der Waals surface area (Å²) in [4.78, 5) is 33.1. The van der Waals surface area contributed by atoms with Gasteiger partial charge in [0.25, 0.3) is 0 Å². The number of aromatic nitrogens is 4. The molecule has 0 saturated carbocycles. The molecule has 3 heterocycles. The number of esters is 1. The number of carbonyl (C=O) groups excluding carboxylic acids is 1. The maximum Gasteiger partial charge on any atom is 0.337 e. The van der Waals surface area contributed by atoms with Gasteiger partial charge >= 0.3 is 11.7 Å². The summed E-state index contributed by atoms with van der Waals surface area (Å²) in [5, 5.41) is 0. The van der Waals surface area contributed by atoms with Crippen LogP contribution in [0.25, 0.3) is 22.1 Å². The molecule has 1 aliphatic rings. The lowest BCUT2D eigenvalue weighted by molar-refractivity contribution is 0.0600. The number of likely N-dealkylation sites (tertiary alicyclic amines) is 1. The van der Waals surface area contributed by atoms with Crippen molar-refractivity contribution in [3.8, 4) is 0 Å². The second kappa shape index (κ2) is 10.3. The molecule has 0 radical (unpaired) electrons. The van der Waals surface area contributed by atoms with Crippen molar-refractivity contribution in [1.29, 1.82) is 0 Å². The molecular formula is C30H31N5O3. The molecule has 38 heavy (non-hydrogen) atoms. The van der Waals surface area contributed by atoms with Crippen LogP contribution in [0.1, 0.15) is 34.6 Å². The minimum absolute atomic E-state index is 0.0820. The fourth-order valence-electron chi connectivity index (χ4n) is 5.51. The molecule has 0 aliphatic carbocycles. The molecular weight excluding hydrogens is 478 g/mol. The maximum atomic E-state index is 13.8. The predicted molar refractivity (Wildman–Crippen MR) is 148 cm³/mol. The lowest BCUT2D eigenvalue weighted by Gasteiger charge is -2.17. The van der Waals surface area contributed by atoms with Gasteiger partial charge in [-0.25, -0.2) is 14.6 Å². The molecule has 1 fully saturated rings. The van der Waals surface area contributed by atoms with Gasteiger partial charge < -0.3 is 14.2 Å². The summed E-state index contributed by atoms with van der Waals surface area (Å²) in [7, 11) is 1.37. The topological polar surface area (TPSA) is 74.3 Å². The number of imidazole rings is 2. The van der Waals surface area contributed by atoms with E-state index >= 15 is 0 Å². The lowest BCUT2D eigenvalue weighted by Crippen LogP contribution is -2.28. The number of carbonyl (C=O) groups is 1. The summed E-state index contributed by atoms with van der Waals surface area (Å²) in [5.74, 6) is 0.510. The summed E-state index contributed by atoms with van der Waals surface area (Å²) < 4.78 is 10.7. The van der Waals surface area contributed by atoms with Crippen molar-refractivity contribution in [2.45, 2.75) is 32.5 Å². The smallest absolute Gasteiger partial charge is 0.337 e. The molecule has 0 atom stereocenters. The minimum Gasteiger partial charge on any atom is -0.465 e. The second-order valence-electron chi connectivity index (χ2n) is 9.85. The van der Waals surface area contributed by atoms with E-state index in [1.165, 1.54) is 20.0 Å². The zero-order valence-electron chi connectivity index (χ0n) is 21.5. The number of hydrogen-bond acceptors (Lipinski definition) is 5. The van der Waals surface area contributed by atoms with Crippen molar-refractivity contribution < 1.29 is 9.53 Å². The Balaban J connectivity index is 1.36. The van der Waals surface area contributed by atoms with E-state index in [2.05, 4.69) is 15.5 Å². The quantitative estimate of drug-likeness (QED) is 0.294. The van der Waals surface area contributed by atoms with Crippen LogP contribution in [0.2, 0.25) is 0 Å². The summed E-state index contributed by atoms with van der Waals surface area (Å²) >= 11 is 0.